The van der Waals surface area contributed by atoms with Crippen molar-refractivity contribution in [2.45, 2.75) is 6.92 Å². The van der Waals surface area contributed by atoms with Gasteiger partial charge in [-0.2, -0.15) is 5.10 Å². The zero-order valence-electron chi connectivity index (χ0n) is 20.0. The molecule has 37 heavy (non-hydrogen) atoms. The summed E-state index contributed by atoms with van der Waals surface area (Å²) >= 11 is 1.43. The molecule has 0 aliphatic carbocycles. The van der Waals surface area contributed by atoms with Gasteiger partial charge in [0.05, 0.1) is 4.88 Å². The average Bonchev–Trinajstić information content (AvgIpc) is 3.37. The van der Waals surface area contributed by atoms with Crippen LogP contribution in [-0.4, -0.2) is 27.6 Å². The van der Waals surface area contributed by atoms with Crippen LogP contribution in [0, 0.1) is 0 Å². The van der Waals surface area contributed by atoms with Crippen LogP contribution in [0.2, 0.25) is 0 Å². The van der Waals surface area contributed by atoms with E-state index in [1.54, 1.807) is 36.9 Å². The number of amides is 1. The molecule has 0 radical (unpaired) electrons. The average molecular weight is 506 g/mol. The molecule has 0 bridgehead atoms. The van der Waals surface area contributed by atoms with E-state index in [1.165, 1.54) is 11.3 Å². The van der Waals surface area contributed by atoms with E-state index in [2.05, 4.69) is 37.8 Å². The number of nitrogens with zero attached hydrogens (tertiary/aromatic N) is 4. The molecule has 0 unspecified atom stereocenters. The first-order valence-corrected chi connectivity index (χ1v) is 12.2. The molecule has 0 aliphatic rings. The molecule has 9 heteroatoms. The van der Waals surface area contributed by atoms with Crippen molar-refractivity contribution in [1.82, 2.24) is 20.4 Å². The Balaban J connectivity index is 1.32. The van der Waals surface area contributed by atoms with Crippen LogP contribution in [0.1, 0.15) is 22.2 Å². The summed E-state index contributed by atoms with van der Waals surface area (Å²) in [5.74, 6) is 1.13. The van der Waals surface area contributed by atoms with Crippen LogP contribution in [-0.2, 0) is 0 Å². The largest absolute Gasteiger partial charge is 0.340 e. The van der Waals surface area contributed by atoms with Gasteiger partial charge in [0.25, 0.3) is 5.91 Å². The van der Waals surface area contributed by atoms with E-state index in [-0.39, 0.29) is 5.91 Å². The zero-order valence-corrected chi connectivity index (χ0v) is 20.8. The SMILES string of the molecule is C=NN/C=C(\C)c1ccc(Nc2ccnc(-c3ccc4cc(C(=O)Nc5ccncc5)sc4c3)n2)cc1. The number of benzene rings is 2. The smallest absolute Gasteiger partial charge is 0.265 e. The van der Waals surface area contributed by atoms with E-state index < -0.39 is 0 Å². The van der Waals surface area contributed by atoms with Crippen LogP contribution in [0.3, 0.4) is 0 Å². The molecule has 8 nitrogen and oxygen atoms in total. The highest BCUT2D eigenvalue weighted by atomic mass is 32.1. The van der Waals surface area contributed by atoms with Gasteiger partial charge < -0.3 is 10.6 Å². The Bertz CT molecular complexity index is 1590. The molecule has 5 rings (SSSR count). The second kappa shape index (κ2) is 10.8. The molecule has 0 aliphatic heterocycles. The van der Waals surface area contributed by atoms with E-state index in [0.717, 1.165) is 32.5 Å². The number of hydrogen-bond donors (Lipinski definition) is 3. The monoisotopic (exact) mass is 505 g/mol. The highest BCUT2D eigenvalue weighted by molar-refractivity contribution is 7.21. The number of nitrogens with one attached hydrogen (secondary N) is 3. The number of hydrazone groups is 1. The first-order chi connectivity index (χ1) is 18.1. The number of fused-ring (bicyclic) bond motifs is 1. The quantitative estimate of drug-likeness (QED) is 0.168. The third kappa shape index (κ3) is 5.68. The molecule has 0 saturated carbocycles. The summed E-state index contributed by atoms with van der Waals surface area (Å²) in [6, 6.07) is 21.2. The number of carbonyl (C=O) groups excluding carboxylic acids is 1. The molecule has 0 fully saturated rings. The lowest BCUT2D eigenvalue weighted by molar-refractivity contribution is 0.103. The van der Waals surface area contributed by atoms with Gasteiger partial charge in [0, 0.05) is 53.1 Å². The molecule has 3 heterocycles. The Hall–Kier alpha value is -4.89. The molecule has 5 aromatic rings. The van der Waals surface area contributed by atoms with Gasteiger partial charge in [-0.15, -0.1) is 11.3 Å². The molecule has 3 aromatic heterocycles. The summed E-state index contributed by atoms with van der Waals surface area (Å²) in [6.07, 6.45) is 6.81. The van der Waals surface area contributed by atoms with Gasteiger partial charge in [-0.25, -0.2) is 9.97 Å². The fraction of sp³-hybridized carbons (Fsp3) is 0.0357. The lowest BCUT2D eigenvalue weighted by Crippen LogP contribution is -2.09. The number of pyridine rings is 1. The minimum absolute atomic E-state index is 0.151. The van der Waals surface area contributed by atoms with Gasteiger partial charge in [-0.3, -0.25) is 15.2 Å². The van der Waals surface area contributed by atoms with Crippen molar-refractivity contribution in [2.75, 3.05) is 10.6 Å². The Kier molecular flexibility index (Phi) is 6.95. The normalized spacial score (nSPS) is 11.2. The van der Waals surface area contributed by atoms with Gasteiger partial charge in [0.2, 0.25) is 0 Å². The van der Waals surface area contributed by atoms with Crippen molar-refractivity contribution < 1.29 is 4.79 Å². The number of carbonyl (C=O) groups is 1. The van der Waals surface area contributed by atoms with E-state index in [0.29, 0.717) is 22.2 Å². The number of allylic oxidation sites excluding steroid dienone is 1. The van der Waals surface area contributed by atoms with Crippen molar-refractivity contribution in [2.24, 2.45) is 5.10 Å². The molecule has 0 saturated heterocycles. The number of thiophene rings is 1. The van der Waals surface area contributed by atoms with Gasteiger partial charge in [-0.1, -0.05) is 24.3 Å². The van der Waals surface area contributed by atoms with Crippen molar-refractivity contribution in [3.63, 3.8) is 0 Å². The topological polar surface area (TPSA) is 104 Å². The first kappa shape index (κ1) is 23.8. The molecule has 2 aromatic carbocycles. The Morgan fingerprint density at radius 3 is 2.57 bits per heavy atom. The van der Waals surface area contributed by atoms with Crippen molar-refractivity contribution in [3.8, 4) is 11.4 Å². The fourth-order valence-electron chi connectivity index (χ4n) is 3.67. The second-order valence-corrected chi connectivity index (χ2v) is 9.22. The molecule has 1 amide bonds. The molecule has 0 atom stereocenters. The molecular formula is C28H23N7OS. The summed E-state index contributed by atoms with van der Waals surface area (Å²) in [6.45, 7) is 5.41. The number of rotatable bonds is 8. The second-order valence-electron chi connectivity index (χ2n) is 8.14. The fourth-order valence-corrected chi connectivity index (χ4v) is 4.66. The summed E-state index contributed by atoms with van der Waals surface area (Å²) in [5, 5.41) is 10.9. The minimum atomic E-state index is -0.151. The molecular weight excluding hydrogens is 482 g/mol. The van der Waals surface area contributed by atoms with E-state index >= 15 is 0 Å². The summed E-state index contributed by atoms with van der Waals surface area (Å²) < 4.78 is 0.986. The number of aromatic nitrogens is 3. The lowest BCUT2D eigenvalue weighted by Gasteiger charge is -2.09. The van der Waals surface area contributed by atoms with Crippen LogP contribution in [0.5, 0.6) is 0 Å². The van der Waals surface area contributed by atoms with E-state index in [9.17, 15) is 4.79 Å². The van der Waals surface area contributed by atoms with Crippen molar-refractivity contribution >= 4 is 56.8 Å². The maximum Gasteiger partial charge on any atom is 0.265 e. The predicted molar refractivity (Wildman–Crippen MR) is 151 cm³/mol. The summed E-state index contributed by atoms with van der Waals surface area (Å²) in [4.78, 5) is 26.5. The number of anilines is 3. The van der Waals surface area contributed by atoms with E-state index in [1.807, 2.05) is 61.5 Å². The third-order valence-corrected chi connectivity index (χ3v) is 6.68. The molecule has 3 N–H and O–H groups in total. The van der Waals surface area contributed by atoms with Crippen molar-refractivity contribution in [1.29, 1.82) is 0 Å². The van der Waals surface area contributed by atoms with Crippen LogP contribution < -0.4 is 16.1 Å². The maximum atomic E-state index is 12.7. The highest BCUT2D eigenvalue weighted by Crippen LogP contribution is 2.30. The molecule has 0 spiro atoms. The molecule has 182 valence electrons. The van der Waals surface area contributed by atoms with Crippen molar-refractivity contribution in [3.05, 3.63) is 102 Å². The van der Waals surface area contributed by atoms with Gasteiger partial charge in [0.15, 0.2) is 5.82 Å². The lowest BCUT2D eigenvalue weighted by atomic mass is 10.1. The van der Waals surface area contributed by atoms with E-state index in [4.69, 9.17) is 4.98 Å². The number of hydrogen-bond acceptors (Lipinski definition) is 8. The Morgan fingerprint density at radius 1 is 0.973 bits per heavy atom. The van der Waals surface area contributed by atoms with Gasteiger partial charge in [-0.05, 0) is 65.9 Å². The first-order valence-electron chi connectivity index (χ1n) is 11.4. The van der Waals surface area contributed by atoms with Gasteiger partial charge in [0.1, 0.15) is 5.82 Å². The van der Waals surface area contributed by atoms with Gasteiger partial charge >= 0.3 is 0 Å². The standard InChI is InChI=1S/C28H23N7OS/c1-18(17-32-29-2)19-5-7-22(8-6-19)33-26-11-14-31-27(35-26)21-4-3-20-15-25(37-24(20)16-21)28(36)34-23-9-12-30-13-10-23/h3-17,32H,2H2,1H3,(H,30,34,36)(H,31,33,35)/b18-17+. The van der Waals surface area contributed by atoms with Crippen LogP contribution in [0.4, 0.5) is 17.2 Å². The Morgan fingerprint density at radius 2 is 1.78 bits per heavy atom. The summed E-state index contributed by atoms with van der Waals surface area (Å²) in [7, 11) is 0. The highest BCUT2D eigenvalue weighted by Gasteiger charge is 2.12. The maximum absolute atomic E-state index is 12.7. The summed E-state index contributed by atoms with van der Waals surface area (Å²) in [5.41, 5.74) is 7.36. The predicted octanol–water partition coefficient (Wildman–Crippen LogP) is 6.32. The van der Waals surface area contributed by atoms with Crippen LogP contribution >= 0.6 is 11.3 Å². The minimum Gasteiger partial charge on any atom is -0.340 e. The third-order valence-electron chi connectivity index (χ3n) is 5.58. The Labute approximate surface area is 217 Å². The zero-order chi connectivity index (χ0) is 25.6. The van der Waals surface area contributed by atoms with Crippen LogP contribution in [0.15, 0.2) is 96.6 Å². The van der Waals surface area contributed by atoms with Crippen LogP contribution in [0.25, 0.3) is 27.0 Å².